The Morgan fingerprint density at radius 1 is 1.25 bits per heavy atom. The summed E-state index contributed by atoms with van der Waals surface area (Å²) in [4.78, 5) is 14.2. The third-order valence-electron chi connectivity index (χ3n) is 3.49. The van der Waals surface area contributed by atoms with Gasteiger partial charge in [-0.15, -0.1) is 0 Å². The first kappa shape index (κ1) is 13.2. The summed E-state index contributed by atoms with van der Waals surface area (Å²) in [5.41, 5.74) is 0.537. The van der Waals surface area contributed by atoms with Crippen LogP contribution in [0.4, 0.5) is 0 Å². The number of carbonyl (C=O) groups excluding carboxylic acids is 1. The first-order chi connectivity index (χ1) is 9.79. The molecule has 0 aliphatic carbocycles. The number of carbonyl (C=O) groups is 1. The maximum Gasteiger partial charge on any atom is 0.254 e. The lowest BCUT2D eigenvalue weighted by Crippen LogP contribution is -2.50. The Hall–Kier alpha value is -1.79. The van der Waals surface area contributed by atoms with Gasteiger partial charge < -0.3 is 24.2 Å². The summed E-state index contributed by atoms with van der Waals surface area (Å²) in [5.74, 6) is 1.13. The molecule has 1 fully saturated rings. The zero-order valence-electron chi connectivity index (χ0n) is 11.1. The second-order valence-electron chi connectivity index (χ2n) is 4.77. The van der Waals surface area contributed by atoms with Crippen LogP contribution in [-0.4, -0.2) is 61.5 Å². The zero-order chi connectivity index (χ0) is 13.9. The summed E-state index contributed by atoms with van der Waals surface area (Å²) in [6.45, 7) is 2.26. The maximum absolute atomic E-state index is 12.5. The highest BCUT2D eigenvalue weighted by atomic mass is 16.6. The van der Waals surface area contributed by atoms with Crippen molar-refractivity contribution < 1.29 is 24.1 Å². The standard InChI is InChI=1S/C14H17NO5/c16-8-11-9-18-4-3-15(11)14(17)10-1-2-12-13(7-10)20-6-5-19-12/h1-2,7,11,16H,3-6,8-9H2. The van der Waals surface area contributed by atoms with E-state index < -0.39 is 0 Å². The molecule has 2 heterocycles. The van der Waals surface area contributed by atoms with Gasteiger partial charge >= 0.3 is 0 Å². The zero-order valence-corrected chi connectivity index (χ0v) is 11.1. The van der Waals surface area contributed by atoms with Crippen LogP contribution in [0.15, 0.2) is 18.2 Å². The van der Waals surface area contributed by atoms with Crippen molar-refractivity contribution in [2.75, 3.05) is 39.6 Å². The van der Waals surface area contributed by atoms with Crippen LogP contribution in [0.25, 0.3) is 0 Å². The highest BCUT2D eigenvalue weighted by Crippen LogP contribution is 2.31. The molecule has 0 spiro atoms. The van der Waals surface area contributed by atoms with E-state index in [9.17, 15) is 9.90 Å². The molecule has 1 saturated heterocycles. The number of aliphatic hydroxyl groups excluding tert-OH is 1. The Kier molecular flexibility index (Phi) is 3.75. The minimum absolute atomic E-state index is 0.101. The molecular formula is C14H17NO5. The molecule has 0 saturated carbocycles. The molecule has 0 bridgehead atoms. The molecule has 1 atom stereocenters. The monoisotopic (exact) mass is 279 g/mol. The third-order valence-corrected chi connectivity index (χ3v) is 3.49. The number of benzene rings is 1. The molecule has 1 amide bonds. The summed E-state index contributed by atoms with van der Waals surface area (Å²) in [6.07, 6.45) is 0. The smallest absolute Gasteiger partial charge is 0.254 e. The topological polar surface area (TPSA) is 68.2 Å². The van der Waals surface area contributed by atoms with Crippen molar-refractivity contribution in [3.63, 3.8) is 0 Å². The number of aliphatic hydroxyl groups is 1. The summed E-state index contributed by atoms with van der Waals surface area (Å²) in [6, 6.07) is 4.88. The van der Waals surface area contributed by atoms with Crippen LogP contribution in [0, 0.1) is 0 Å². The highest BCUT2D eigenvalue weighted by Gasteiger charge is 2.28. The molecule has 2 aliphatic heterocycles. The fourth-order valence-electron chi connectivity index (χ4n) is 2.42. The normalized spacial score (nSPS) is 21.6. The van der Waals surface area contributed by atoms with E-state index in [1.165, 1.54) is 0 Å². The molecule has 3 rings (SSSR count). The Bertz CT molecular complexity index is 504. The van der Waals surface area contributed by atoms with Crippen LogP contribution in [0.2, 0.25) is 0 Å². The lowest BCUT2D eigenvalue weighted by Gasteiger charge is -2.34. The van der Waals surface area contributed by atoms with Crippen LogP contribution in [0.3, 0.4) is 0 Å². The molecule has 20 heavy (non-hydrogen) atoms. The molecule has 6 nitrogen and oxygen atoms in total. The molecule has 1 aromatic carbocycles. The van der Waals surface area contributed by atoms with Gasteiger partial charge in [-0.2, -0.15) is 0 Å². The number of hydrogen-bond acceptors (Lipinski definition) is 5. The van der Waals surface area contributed by atoms with E-state index in [1.54, 1.807) is 23.1 Å². The number of rotatable bonds is 2. The van der Waals surface area contributed by atoms with Gasteiger partial charge in [0.05, 0.1) is 25.9 Å². The number of hydrogen-bond donors (Lipinski definition) is 1. The van der Waals surface area contributed by atoms with E-state index in [1.807, 2.05) is 0 Å². The van der Waals surface area contributed by atoms with E-state index in [-0.39, 0.29) is 18.6 Å². The maximum atomic E-state index is 12.5. The average molecular weight is 279 g/mol. The predicted octanol–water partition coefficient (Wildman–Crippen LogP) is 0.291. The van der Waals surface area contributed by atoms with Gasteiger partial charge in [0.1, 0.15) is 13.2 Å². The SMILES string of the molecule is O=C(c1ccc2c(c1)OCCO2)N1CCOCC1CO. The van der Waals surface area contributed by atoms with E-state index in [0.29, 0.717) is 50.0 Å². The van der Waals surface area contributed by atoms with Gasteiger partial charge in [0.2, 0.25) is 0 Å². The van der Waals surface area contributed by atoms with Crippen molar-refractivity contribution in [3.05, 3.63) is 23.8 Å². The molecular weight excluding hydrogens is 262 g/mol. The summed E-state index contributed by atoms with van der Waals surface area (Å²) in [5, 5.41) is 9.33. The van der Waals surface area contributed by atoms with Gasteiger partial charge in [-0.25, -0.2) is 0 Å². The van der Waals surface area contributed by atoms with Crippen molar-refractivity contribution in [1.29, 1.82) is 0 Å². The van der Waals surface area contributed by atoms with Crippen LogP contribution < -0.4 is 9.47 Å². The van der Waals surface area contributed by atoms with E-state index in [2.05, 4.69) is 0 Å². The van der Waals surface area contributed by atoms with E-state index in [0.717, 1.165) is 0 Å². The van der Waals surface area contributed by atoms with E-state index in [4.69, 9.17) is 14.2 Å². The van der Waals surface area contributed by atoms with Crippen LogP contribution in [0.5, 0.6) is 11.5 Å². The van der Waals surface area contributed by atoms with Gasteiger partial charge in [0.15, 0.2) is 11.5 Å². The van der Waals surface area contributed by atoms with Crippen LogP contribution in [0.1, 0.15) is 10.4 Å². The summed E-state index contributed by atoms with van der Waals surface area (Å²) in [7, 11) is 0. The molecule has 1 unspecified atom stereocenters. The Morgan fingerprint density at radius 2 is 2.05 bits per heavy atom. The fraction of sp³-hybridized carbons (Fsp3) is 0.500. The molecule has 108 valence electrons. The van der Waals surface area contributed by atoms with Gasteiger partial charge in [0.25, 0.3) is 5.91 Å². The van der Waals surface area contributed by atoms with E-state index >= 15 is 0 Å². The number of nitrogens with zero attached hydrogens (tertiary/aromatic N) is 1. The molecule has 1 aromatic rings. The quantitative estimate of drug-likeness (QED) is 0.843. The first-order valence-electron chi connectivity index (χ1n) is 6.69. The number of morpholine rings is 1. The number of ether oxygens (including phenoxy) is 3. The lowest BCUT2D eigenvalue weighted by atomic mass is 10.1. The van der Waals surface area contributed by atoms with Crippen molar-refractivity contribution in [2.24, 2.45) is 0 Å². The second-order valence-corrected chi connectivity index (χ2v) is 4.77. The van der Waals surface area contributed by atoms with Crippen LogP contribution in [-0.2, 0) is 4.74 Å². The third kappa shape index (κ3) is 2.44. The Labute approximate surface area is 116 Å². The minimum atomic E-state index is -0.288. The van der Waals surface area contributed by atoms with Crippen LogP contribution >= 0.6 is 0 Å². The first-order valence-corrected chi connectivity index (χ1v) is 6.69. The summed E-state index contributed by atoms with van der Waals surface area (Å²) < 4.78 is 16.2. The molecule has 2 aliphatic rings. The van der Waals surface area contributed by atoms with Crippen molar-refractivity contribution in [1.82, 2.24) is 4.90 Å². The van der Waals surface area contributed by atoms with Crippen molar-refractivity contribution >= 4 is 5.91 Å². The van der Waals surface area contributed by atoms with Gasteiger partial charge in [-0.1, -0.05) is 0 Å². The summed E-state index contributed by atoms with van der Waals surface area (Å²) >= 11 is 0. The largest absolute Gasteiger partial charge is 0.486 e. The number of fused-ring (bicyclic) bond motifs is 1. The second kappa shape index (κ2) is 5.68. The van der Waals surface area contributed by atoms with Gasteiger partial charge in [-0.05, 0) is 18.2 Å². The minimum Gasteiger partial charge on any atom is -0.486 e. The number of amides is 1. The van der Waals surface area contributed by atoms with Crippen molar-refractivity contribution in [2.45, 2.75) is 6.04 Å². The highest BCUT2D eigenvalue weighted by molar-refractivity contribution is 5.95. The average Bonchev–Trinajstić information content (AvgIpc) is 2.53. The Morgan fingerprint density at radius 3 is 2.85 bits per heavy atom. The molecule has 0 radical (unpaired) electrons. The predicted molar refractivity (Wildman–Crippen MR) is 70.2 cm³/mol. The molecule has 1 N–H and O–H groups in total. The molecule has 6 heteroatoms. The molecule has 0 aromatic heterocycles. The fourth-order valence-corrected chi connectivity index (χ4v) is 2.42. The van der Waals surface area contributed by atoms with Gasteiger partial charge in [0, 0.05) is 12.1 Å². The Balaban J connectivity index is 1.82. The van der Waals surface area contributed by atoms with Crippen molar-refractivity contribution in [3.8, 4) is 11.5 Å². The lowest BCUT2D eigenvalue weighted by molar-refractivity contribution is -0.0184. The van der Waals surface area contributed by atoms with Gasteiger partial charge in [-0.3, -0.25) is 4.79 Å².